The van der Waals surface area contributed by atoms with Crippen molar-refractivity contribution in [1.29, 1.82) is 0 Å². The summed E-state index contributed by atoms with van der Waals surface area (Å²) in [7, 11) is -16.8. The molecule has 2 unspecified atom stereocenters. The Balaban J connectivity index is 2.10. The van der Waals surface area contributed by atoms with Crippen LogP contribution in [0.1, 0.15) is 18.2 Å². The molecule has 1 saturated heterocycles. The molecule has 21 heteroatoms. The summed E-state index contributed by atoms with van der Waals surface area (Å²) in [6.07, 6.45) is -1.93. The van der Waals surface area contributed by atoms with E-state index in [9.17, 15) is 38.1 Å². The molecule has 33 heavy (non-hydrogen) atoms. The van der Waals surface area contributed by atoms with E-state index in [4.69, 9.17) is 24.5 Å². The Kier molecular flexibility index (Phi) is 8.51. The van der Waals surface area contributed by atoms with Crippen LogP contribution in [-0.2, 0) is 36.4 Å². The number of ether oxygens (including phenoxy) is 1. The summed E-state index contributed by atoms with van der Waals surface area (Å²) in [6.45, 7) is -0.967. The third kappa shape index (κ3) is 8.50. The number of aromatic amines is 1. The molecule has 1 aliphatic rings. The second-order valence-electron chi connectivity index (χ2n) is 6.24. The number of aliphatic hydroxyl groups excluding tert-OH is 1. The van der Waals surface area contributed by atoms with E-state index in [-0.39, 0.29) is 12.0 Å². The molecule has 7 N–H and O–H groups in total. The second-order valence-corrected chi connectivity index (χ2v) is 10.7. The average molecular weight is 538 g/mol. The molecule has 0 aromatic carbocycles. The summed E-state index contributed by atoms with van der Waals surface area (Å²) in [5, 5.41) is 18.7. The molecule has 1 aromatic rings. The maximum absolute atomic E-state index is 12.1. The van der Waals surface area contributed by atoms with Gasteiger partial charge in [-0.1, -0.05) is 0 Å². The van der Waals surface area contributed by atoms with Crippen LogP contribution in [0, 0.1) is 0 Å². The Labute approximate surface area is 182 Å². The van der Waals surface area contributed by atoms with Gasteiger partial charge in [0.05, 0.1) is 18.3 Å². The number of H-pyrrole nitrogens is 1. The number of aromatic nitrogens is 2. The Hall–Kier alpha value is -1.78. The molecule has 0 saturated carbocycles. The number of rotatable bonds is 10. The van der Waals surface area contributed by atoms with Crippen LogP contribution in [-0.4, -0.2) is 64.1 Å². The number of aliphatic carboxylic acids is 1. The molecule has 2 heterocycles. The molecule has 0 radical (unpaired) electrons. The maximum atomic E-state index is 12.1. The summed E-state index contributed by atoms with van der Waals surface area (Å²) in [6, 6.07) is 0. The van der Waals surface area contributed by atoms with Crippen molar-refractivity contribution in [3.8, 4) is 0 Å². The number of carbonyl (C=O) groups is 1. The van der Waals surface area contributed by atoms with Crippen LogP contribution in [0.15, 0.2) is 21.9 Å². The maximum Gasteiger partial charge on any atom is 0.490 e. The van der Waals surface area contributed by atoms with Crippen LogP contribution in [0.2, 0.25) is 0 Å². The topological polar surface area (TPSA) is 281 Å². The van der Waals surface area contributed by atoms with Gasteiger partial charge in [0, 0.05) is 18.7 Å². The van der Waals surface area contributed by atoms with Gasteiger partial charge in [-0.05, 0) is 6.08 Å². The van der Waals surface area contributed by atoms with Crippen molar-refractivity contribution in [3.63, 3.8) is 0 Å². The van der Waals surface area contributed by atoms with Gasteiger partial charge in [-0.2, -0.15) is 8.62 Å². The number of carboxylic acids is 1. The highest BCUT2D eigenvalue weighted by atomic mass is 31.3. The molecular weight excluding hydrogens is 521 g/mol. The molecule has 186 valence electrons. The van der Waals surface area contributed by atoms with Crippen molar-refractivity contribution in [1.82, 2.24) is 9.55 Å². The number of carboxylic acid groups (broad SMARTS) is 1. The lowest BCUT2D eigenvalue weighted by atomic mass is 10.2. The van der Waals surface area contributed by atoms with E-state index in [2.05, 4.69) is 13.1 Å². The minimum absolute atomic E-state index is 0.244. The van der Waals surface area contributed by atoms with Gasteiger partial charge in [0.25, 0.3) is 5.56 Å². The zero-order chi connectivity index (χ0) is 25.2. The van der Waals surface area contributed by atoms with Crippen LogP contribution in [0.4, 0.5) is 0 Å². The Morgan fingerprint density at radius 3 is 2.39 bits per heavy atom. The van der Waals surface area contributed by atoms with Crippen molar-refractivity contribution in [2.75, 3.05) is 6.61 Å². The first-order valence-corrected chi connectivity index (χ1v) is 12.9. The lowest BCUT2D eigenvalue weighted by Crippen LogP contribution is -2.33. The van der Waals surface area contributed by atoms with E-state index >= 15 is 0 Å². The first-order valence-electron chi connectivity index (χ1n) is 8.36. The summed E-state index contributed by atoms with van der Waals surface area (Å²) in [5.74, 6) is -1.37. The van der Waals surface area contributed by atoms with Gasteiger partial charge in [-0.15, -0.1) is 0 Å². The Morgan fingerprint density at radius 2 is 1.82 bits per heavy atom. The lowest BCUT2D eigenvalue weighted by Gasteiger charge is -2.19. The van der Waals surface area contributed by atoms with Crippen LogP contribution < -0.4 is 11.2 Å². The van der Waals surface area contributed by atoms with Gasteiger partial charge in [0.15, 0.2) is 0 Å². The molecule has 18 nitrogen and oxygen atoms in total. The third-order valence-corrected chi connectivity index (χ3v) is 7.54. The normalized spacial score (nSPS) is 25.1. The van der Waals surface area contributed by atoms with Crippen LogP contribution >= 0.6 is 23.5 Å². The molecule has 1 aromatic heterocycles. The monoisotopic (exact) mass is 538 g/mol. The summed E-state index contributed by atoms with van der Waals surface area (Å²) in [5.41, 5.74) is -2.14. The van der Waals surface area contributed by atoms with Crippen molar-refractivity contribution < 1.29 is 66.2 Å². The molecule has 1 fully saturated rings. The third-order valence-electron chi connectivity index (χ3n) is 3.73. The number of hydrogen-bond acceptors (Lipinski definition) is 11. The molecule has 0 aliphatic carbocycles. The Morgan fingerprint density at radius 1 is 1.18 bits per heavy atom. The molecule has 1 aliphatic heterocycles. The standard InChI is InChI=1S/C12H17N2O16P3/c15-7-3-9(14-4-6(1-2-10(16)17)11(18)13-12(14)19)28-8(7)5-27-32(23,24)30-33(25,26)29-31(20,21)22/h1-2,4,7-9,15H,3,5H2,(H,16,17)(H,23,24)(H,25,26)(H,13,18,19)(H2,20,21,22)/b2-1+/t7-,8+,9+/m0/s1. The second kappa shape index (κ2) is 10.2. The van der Waals surface area contributed by atoms with E-state index in [1.54, 1.807) is 0 Å². The average Bonchev–Trinajstić information content (AvgIpc) is 2.96. The van der Waals surface area contributed by atoms with Gasteiger partial charge in [0.2, 0.25) is 0 Å². The van der Waals surface area contributed by atoms with Crippen LogP contribution in [0.5, 0.6) is 0 Å². The fraction of sp³-hybridized carbons (Fsp3) is 0.417. The van der Waals surface area contributed by atoms with Crippen molar-refractivity contribution in [2.45, 2.75) is 24.9 Å². The van der Waals surface area contributed by atoms with Gasteiger partial charge in [0.1, 0.15) is 12.3 Å². The molecule has 2 rings (SSSR count). The highest BCUT2D eigenvalue weighted by Crippen LogP contribution is 2.66. The van der Waals surface area contributed by atoms with Gasteiger partial charge >= 0.3 is 35.1 Å². The fourth-order valence-electron chi connectivity index (χ4n) is 2.50. The molecular formula is C12H17N2O16P3. The van der Waals surface area contributed by atoms with Crippen molar-refractivity contribution in [3.05, 3.63) is 38.7 Å². The predicted molar refractivity (Wildman–Crippen MR) is 102 cm³/mol. The fourth-order valence-corrected chi connectivity index (χ4v) is 5.53. The van der Waals surface area contributed by atoms with Crippen molar-refractivity contribution in [2.24, 2.45) is 0 Å². The van der Waals surface area contributed by atoms with Gasteiger partial charge in [-0.3, -0.25) is 18.9 Å². The molecule has 0 amide bonds. The first-order chi connectivity index (χ1) is 15.0. The summed E-state index contributed by atoms with van der Waals surface area (Å²) < 4.78 is 51.2. The quantitative estimate of drug-likeness (QED) is 0.134. The number of nitrogens with zero attached hydrogens (tertiary/aromatic N) is 1. The smallest absolute Gasteiger partial charge is 0.478 e. The number of phosphoric ester groups is 1. The van der Waals surface area contributed by atoms with Gasteiger partial charge < -0.3 is 34.5 Å². The number of hydrogen-bond donors (Lipinski definition) is 7. The summed E-state index contributed by atoms with van der Waals surface area (Å²) in [4.78, 5) is 71.8. The highest BCUT2D eigenvalue weighted by molar-refractivity contribution is 7.66. The summed E-state index contributed by atoms with van der Waals surface area (Å²) >= 11 is 0. The number of phosphoric acid groups is 3. The molecule has 5 atom stereocenters. The SMILES string of the molecule is O=C(O)/C=C/c1cn([C@H]2C[C@H](O)[C@@H](COP(=O)(O)OP(=O)(O)OP(=O)(O)O)O2)c(=O)[nH]c1=O. The van der Waals surface area contributed by atoms with Crippen molar-refractivity contribution >= 4 is 35.5 Å². The number of aliphatic hydroxyl groups is 1. The minimum atomic E-state index is -5.73. The zero-order valence-corrected chi connectivity index (χ0v) is 18.6. The minimum Gasteiger partial charge on any atom is -0.478 e. The van der Waals surface area contributed by atoms with Crippen LogP contribution in [0.3, 0.4) is 0 Å². The van der Waals surface area contributed by atoms with E-state index in [0.717, 1.165) is 16.8 Å². The van der Waals surface area contributed by atoms with Crippen LogP contribution in [0.25, 0.3) is 6.08 Å². The molecule has 0 spiro atoms. The lowest BCUT2D eigenvalue weighted by molar-refractivity contribution is -0.131. The van der Waals surface area contributed by atoms with E-state index in [1.807, 2.05) is 4.98 Å². The highest BCUT2D eigenvalue weighted by Gasteiger charge is 2.43. The van der Waals surface area contributed by atoms with E-state index in [1.165, 1.54) is 0 Å². The molecule has 0 bridgehead atoms. The largest absolute Gasteiger partial charge is 0.490 e. The predicted octanol–water partition coefficient (Wildman–Crippen LogP) is -1.37. The van der Waals surface area contributed by atoms with E-state index in [0.29, 0.717) is 6.08 Å². The van der Waals surface area contributed by atoms with E-state index < -0.39 is 65.7 Å². The zero-order valence-electron chi connectivity index (χ0n) is 15.9. The number of nitrogens with one attached hydrogen (secondary N) is 1. The van der Waals surface area contributed by atoms with Gasteiger partial charge in [-0.25, -0.2) is 23.3 Å². The first kappa shape index (κ1) is 27.5. The Bertz CT molecular complexity index is 1180.